The molecule has 200 valence electrons. The maximum atomic E-state index is 14.8. The Kier molecular flexibility index (Phi) is 8.29. The van der Waals surface area contributed by atoms with Crippen molar-refractivity contribution in [2.24, 2.45) is 0 Å². The Hall–Kier alpha value is -2.84. The third-order valence-electron chi connectivity index (χ3n) is 6.26. The maximum absolute atomic E-state index is 14.8. The lowest BCUT2D eigenvalue weighted by atomic mass is 10.2. The van der Waals surface area contributed by atoms with Gasteiger partial charge in [-0.1, -0.05) is 11.6 Å². The van der Waals surface area contributed by atoms with E-state index in [0.717, 1.165) is 17.1 Å². The Bertz CT molecular complexity index is 1250. The van der Waals surface area contributed by atoms with Gasteiger partial charge >= 0.3 is 0 Å². The minimum absolute atomic E-state index is 0.0247. The fraction of sp³-hybridized carbons (Fsp3) is 0.391. The summed E-state index contributed by atoms with van der Waals surface area (Å²) in [6, 6.07) is 5.44. The summed E-state index contributed by atoms with van der Waals surface area (Å²) in [4.78, 5) is 27.5. The number of carbonyl (C=O) groups is 2. The lowest BCUT2D eigenvalue weighted by molar-refractivity contribution is -0.137. The number of hydrogen-bond acceptors (Lipinski definition) is 7. The molecule has 0 bridgehead atoms. The van der Waals surface area contributed by atoms with Gasteiger partial charge in [-0.05, 0) is 49.2 Å². The molecular weight excluding hydrogens is 534 g/mol. The van der Waals surface area contributed by atoms with E-state index in [1.165, 1.54) is 29.7 Å². The van der Waals surface area contributed by atoms with Crippen molar-refractivity contribution >= 4 is 33.4 Å². The summed E-state index contributed by atoms with van der Waals surface area (Å²) in [6.45, 7) is 0.902. The van der Waals surface area contributed by atoms with Gasteiger partial charge in [0.05, 0.1) is 11.4 Å². The molecule has 2 N–H and O–H groups in total. The summed E-state index contributed by atoms with van der Waals surface area (Å²) in [7, 11) is -4.59. The third-order valence-corrected chi connectivity index (χ3v) is 8.40. The van der Waals surface area contributed by atoms with Crippen molar-refractivity contribution in [2.45, 2.75) is 23.8 Å². The zero-order valence-corrected chi connectivity index (χ0v) is 21.1. The van der Waals surface area contributed by atoms with Crippen LogP contribution in [0.4, 0.5) is 8.78 Å². The fourth-order valence-electron chi connectivity index (χ4n) is 4.34. The van der Waals surface area contributed by atoms with E-state index in [2.05, 4.69) is 0 Å². The molecule has 37 heavy (non-hydrogen) atoms. The van der Waals surface area contributed by atoms with Gasteiger partial charge in [0.15, 0.2) is 17.4 Å². The zero-order valence-electron chi connectivity index (χ0n) is 19.6. The molecule has 0 radical (unpaired) electrons. The van der Waals surface area contributed by atoms with Crippen molar-refractivity contribution in [3.05, 3.63) is 53.1 Å². The molecule has 0 unspecified atom stereocenters. The molecule has 2 aromatic rings. The Balaban J connectivity index is 1.55. The minimum Gasteiger partial charge on any atom is -0.451 e. The van der Waals surface area contributed by atoms with Gasteiger partial charge in [-0.3, -0.25) is 19.7 Å². The van der Waals surface area contributed by atoms with E-state index < -0.39 is 44.3 Å². The monoisotopic (exact) mass is 558 g/mol. The number of sulfonamides is 1. The van der Waals surface area contributed by atoms with Gasteiger partial charge < -0.3 is 9.64 Å². The van der Waals surface area contributed by atoms with Gasteiger partial charge in [0, 0.05) is 37.7 Å². The summed E-state index contributed by atoms with van der Waals surface area (Å²) in [5.41, 5.74) is 1.44. The largest absolute Gasteiger partial charge is 0.451 e. The molecule has 2 amide bonds. The molecule has 0 spiro atoms. The van der Waals surface area contributed by atoms with E-state index in [-0.39, 0.29) is 37.8 Å². The molecule has 2 heterocycles. The molecular formula is C23H25ClF2N4O6S. The van der Waals surface area contributed by atoms with E-state index in [4.69, 9.17) is 16.3 Å². The van der Waals surface area contributed by atoms with Crippen LogP contribution in [0.15, 0.2) is 41.3 Å². The van der Waals surface area contributed by atoms with E-state index >= 15 is 0 Å². The predicted molar refractivity (Wildman–Crippen MR) is 128 cm³/mol. The molecule has 2 aromatic carbocycles. The van der Waals surface area contributed by atoms with Gasteiger partial charge in [0.1, 0.15) is 11.8 Å². The maximum Gasteiger partial charge on any atom is 0.263 e. The van der Waals surface area contributed by atoms with Crippen molar-refractivity contribution < 1.29 is 36.7 Å². The van der Waals surface area contributed by atoms with E-state index in [0.29, 0.717) is 30.2 Å². The summed E-state index contributed by atoms with van der Waals surface area (Å²) in [5, 5.41) is 9.59. The molecule has 2 aliphatic heterocycles. The number of halogens is 3. The molecule has 0 aliphatic carbocycles. The quantitative estimate of drug-likeness (QED) is 0.395. The number of nitrogens with one attached hydrogen (secondary N) is 1. The SMILES string of the molecule is O=C(NO)[C@H]1CN(CC(=O)N2CCCC2)CCN1S(=O)(=O)c1cc(F)c(Oc2ccc(Cl)cc2)c(F)c1. The van der Waals surface area contributed by atoms with Crippen LogP contribution in [0.25, 0.3) is 0 Å². The van der Waals surface area contributed by atoms with Crippen molar-refractivity contribution in [2.75, 3.05) is 39.3 Å². The smallest absolute Gasteiger partial charge is 0.263 e. The summed E-state index contributed by atoms with van der Waals surface area (Å²) in [6.07, 6.45) is 1.81. The standard InChI is InChI=1S/C23H25ClF2N4O6S/c24-15-3-5-16(6-4-15)36-22-18(25)11-17(12-19(22)26)37(34,35)30-10-9-28(13-20(30)23(32)27-33)14-21(31)29-7-1-2-8-29/h3-6,11-12,20,33H,1-2,7-10,13-14H2,(H,27,32)/t20-/m1/s1. The molecule has 14 heteroatoms. The van der Waals surface area contributed by atoms with Crippen LogP contribution >= 0.6 is 11.6 Å². The van der Waals surface area contributed by atoms with Crippen LogP contribution in [0, 0.1) is 11.6 Å². The molecule has 0 saturated carbocycles. The average molecular weight is 559 g/mol. The second kappa shape index (κ2) is 11.3. The average Bonchev–Trinajstić information content (AvgIpc) is 3.42. The van der Waals surface area contributed by atoms with Crippen LogP contribution in [0.1, 0.15) is 12.8 Å². The Morgan fingerprint density at radius 3 is 2.27 bits per heavy atom. The van der Waals surface area contributed by atoms with Crippen molar-refractivity contribution in [3.8, 4) is 11.5 Å². The second-order valence-corrected chi connectivity index (χ2v) is 11.0. The lowest BCUT2D eigenvalue weighted by Gasteiger charge is -2.39. The van der Waals surface area contributed by atoms with Crippen LogP contribution in [-0.2, 0) is 19.6 Å². The number of piperazine rings is 1. The number of hydroxylamine groups is 1. The Labute approximate surface area is 217 Å². The van der Waals surface area contributed by atoms with E-state index in [9.17, 15) is 32.0 Å². The molecule has 0 aromatic heterocycles. The number of rotatable bonds is 7. The van der Waals surface area contributed by atoms with Crippen LogP contribution in [0.2, 0.25) is 5.02 Å². The van der Waals surface area contributed by atoms with Gasteiger partial charge in [-0.25, -0.2) is 22.7 Å². The first kappa shape index (κ1) is 27.2. The van der Waals surface area contributed by atoms with Crippen LogP contribution in [0.5, 0.6) is 11.5 Å². The van der Waals surface area contributed by atoms with E-state index in [1.54, 1.807) is 9.80 Å². The van der Waals surface area contributed by atoms with Crippen molar-refractivity contribution in [3.63, 3.8) is 0 Å². The number of ether oxygens (including phenoxy) is 1. The molecule has 2 fully saturated rings. The first-order chi connectivity index (χ1) is 17.6. The topological polar surface area (TPSA) is 119 Å². The molecule has 2 aliphatic rings. The second-order valence-electron chi connectivity index (χ2n) is 8.70. The number of amides is 2. The van der Waals surface area contributed by atoms with E-state index in [1.807, 2.05) is 0 Å². The number of carbonyl (C=O) groups excluding carboxylic acids is 2. The zero-order chi connectivity index (χ0) is 26.7. The minimum atomic E-state index is -4.59. The number of likely N-dealkylation sites (tertiary alicyclic amines) is 1. The van der Waals surface area contributed by atoms with Gasteiger partial charge in [0.25, 0.3) is 5.91 Å². The summed E-state index contributed by atoms with van der Waals surface area (Å²) in [5.74, 6) is -4.45. The highest BCUT2D eigenvalue weighted by molar-refractivity contribution is 7.89. The van der Waals surface area contributed by atoms with Crippen molar-refractivity contribution in [1.82, 2.24) is 19.6 Å². The highest BCUT2D eigenvalue weighted by Crippen LogP contribution is 2.32. The van der Waals surface area contributed by atoms with Gasteiger partial charge in [0.2, 0.25) is 15.9 Å². The highest BCUT2D eigenvalue weighted by atomic mass is 35.5. The van der Waals surface area contributed by atoms with Crippen molar-refractivity contribution in [1.29, 1.82) is 0 Å². The van der Waals surface area contributed by atoms with Gasteiger partial charge in [-0.2, -0.15) is 4.31 Å². The number of hydrogen-bond donors (Lipinski definition) is 2. The Morgan fingerprint density at radius 2 is 1.68 bits per heavy atom. The number of benzene rings is 2. The molecule has 1 atom stereocenters. The molecule has 2 saturated heterocycles. The molecule has 4 rings (SSSR count). The first-order valence-corrected chi connectivity index (χ1v) is 13.3. The number of nitrogens with zero attached hydrogens (tertiary/aromatic N) is 3. The normalized spacial score (nSPS) is 19.1. The summed E-state index contributed by atoms with van der Waals surface area (Å²) < 4.78 is 62.3. The molecule has 10 nitrogen and oxygen atoms in total. The lowest BCUT2D eigenvalue weighted by Crippen LogP contribution is -2.61. The van der Waals surface area contributed by atoms with Crippen LogP contribution < -0.4 is 10.2 Å². The predicted octanol–water partition coefficient (Wildman–Crippen LogP) is 2.21. The van der Waals surface area contributed by atoms with Crippen LogP contribution in [-0.4, -0.2) is 84.9 Å². The van der Waals surface area contributed by atoms with Gasteiger partial charge in [-0.15, -0.1) is 0 Å². The Morgan fingerprint density at radius 1 is 1.05 bits per heavy atom. The fourth-order valence-corrected chi connectivity index (χ4v) is 6.06. The highest BCUT2D eigenvalue weighted by Gasteiger charge is 2.41. The summed E-state index contributed by atoms with van der Waals surface area (Å²) >= 11 is 5.79. The first-order valence-electron chi connectivity index (χ1n) is 11.5. The third kappa shape index (κ3) is 6.02. The van der Waals surface area contributed by atoms with Crippen LogP contribution in [0.3, 0.4) is 0 Å².